The van der Waals surface area contributed by atoms with Crippen LogP contribution in [0.2, 0.25) is 0 Å². The maximum Gasteiger partial charge on any atom is 0.246 e. The Morgan fingerprint density at radius 3 is 2.38 bits per heavy atom. The predicted octanol–water partition coefficient (Wildman–Crippen LogP) is 1.74. The minimum atomic E-state index is 0.118. The lowest BCUT2D eigenvalue weighted by molar-refractivity contribution is -0.136. The summed E-state index contributed by atoms with van der Waals surface area (Å²) in [5, 5.41) is 5.00. The molecule has 0 spiro atoms. The number of carbonyl (C=O) groups excluding carboxylic acids is 1. The van der Waals surface area contributed by atoms with Gasteiger partial charge in [0, 0.05) is 19.7 Å². The Labute approximate surface area is 79.8 Å². The first-order valence-electron chi connectivity index (χ1n) is 4.82. The van der Waals surface area contributed by atoms with Crippen molar-refractivity contribution in [2.75, 3.05) is 7.05 Å². The maximum atomic E-state index is 11.8. The average Bonchev–Trinajstić information content (AvgIpc) is 2.86. The lowest BCUT2D eigenvalue weighted by Crippen LogP contribution is -2.33. The van der Waals surface area contributed by atoms with Crippen molar-refractivity contribution >= 4 is 12.6 Å². The molecule has 1 unspecified atom stereocenters. The molecule has 0 bridgehead atoms. The number of rotatable bonds is 4. The van der Waals surface area contributed by atoms with Gasteiger partial charge in [0.15, 0.2) is 0 Å². The summed E-state index contributed by atoms with van der Waals surface area (Å²) in [7, 11) is 1.67. The number of hydrogen-bond donors (Lipinski definition) is 0. The van der Waals surface area contributed by atoms with E-state index in [0.717, 1.165) is 0 Å². The number of carbonyl (C=O) groups is 1. The van der Waals surface area contributed by atoms with Crippen LogP contribution in [0.15, 0.2) is 5.10 Å². The molecular weight excluding hydrogens is 164 g/mol. The third kappa shape index (κ3) is 2.29. The Morgan fingerprint density at radius 1 is 1.54 bits per heavy atom. The van der Waals surface area contributed by atoms with Gasteiger partial charge in [0.2, 0.25) is 5.91 Å². The van der Waals surface area contributed by atoms with Crippen LogP contribution in [0.3, 0.4) is 0 Å². The molecule has 1 amide bonds. The summed E-state index contributed by atoms with van der Waals surface area (Å²) in [5.41, 5.74) is 0. The van der Waals surface area contributed by atoms with Crippen LogP contribution in [-0.4, -0.2) is 24.7 Å². The van der Waals surface area contributed by atoms with Gasteiger partial charge < -0.3 is 0 Å². The fourth-order valence-electron chi connectivity index (χ4n) is 1.77. The van der Waals surface area contributed by atoms with Crippen molar-refractivity contribution < 1.29 is 4.79 Å². The highest BCUT2D eigenvalue weighted by atomic mass is 16.2. The standard InChI is InChI=1S/C10H18N2O/c1-7(2)9(8-5-6-8)10(13)12(4)11-3/h7-9H,3,5-6H2,1-2,4H3. The van der Waals surface area contributed by atoms with E-state index in [-0.39, 0.29) is 11.8 Å². The molecule has 0 aromatic rings. The van der Waals surface area contributed by atoms with E-state index >= 15 is 0 Å². The van der Waals surface area contributed by atoms with Crippen LogP contribution in [0.1, 0.15) is 26.7 Å². The predicted molar refractivity (Wildman–Crippen MR) is 53.4 cm³/mol. The van der Waals surface area contributed by atoms with Crippen LogP contribution in [0.25, 0.3) is 0 Å². The Bertz CT molecular complexity index is 207. The zero-order valence-electron chi connectivity index (χ0n) is 8.66. The molecule has 1 rings (SSSR count). The van der Waals surface area contributed by atoms with Gasteiger partial charge in [-0.1, -0.05) is 13.8 Å². The van der Waals surface area contributed by atoms with E-state index in [4.69, 9.17) is 0 Å². The highest BCUT2D eigenvalue weighted by molar-refractivity contribution is 5.79. The second kappa shape index (κ2) is 3.90. The minimum absolute atomic E-state index is 0.118. The second-order valence-electron chi connectivity index (χ2n) is 4.11. The first kappa shape index (κ1) is 10.2. The van der Waals surface area contributed by atoms with Crippen LogP contribution in [0.5, 0.6) is 0 Å². The number of hydrogen-bond acceptors (Lipinski definition) is 2. The molecule has 0 N–H and O–H groups in total. The molecule has 0 aromatic carbocycles. The van der Waals surface area contributed by atoms with E-state index in [9.17, 15) is 4.79 Å². The zero-order valence-corrected chi connectivity index (χ0v) is 8.66. The molecule has 3 nitrogen and oxygen atoms in total. The fraction of sp³-hybridized carbons (Fsp3) is 0.800. The van der Waals surface area contributed by atoms with E-state index in [1.54, 1.807) is 7.05 Å². The van der Waals surface area contributed by atoms with Crippen molar-refractivity contribution in [1.29, 1.82) is 0 Å². The molecule has 0 saturated heterocycles. The van der Waals surface area contributed by atoms with Crippen molar-refractivity contribution in [2.24, 2.45) is 22.9 Å². The monoisotopic (exact) mass is 182 g/mol. The Kier molecular flexibility index (Phi) is 3.07. The summed E-state index contributed by atoms with van der Waals surface area (Å²) in [6.45, 7) is 7.55. The highest BCUT2D eigenvalue weighted by Gasteiger charge is 2.39. The van der Waals surface area contributed by atoms with Crippen molar-refractivity contribution in [3.8, 4) is 0 Å². The molecular formula is C10H18N2O. The van der Waals surface area contributed by atoms with E-state index in [0.29, 0.717) is 11.8 Å². The largest absolute Gasteiger partial charge is 0.273 e. The van der Waals surface area contributed by atoms with Gasteiger partial charge in [0.25, 0.3) is 0 Å². The summed E-state index contributed by atoms with van der Waals surface area (Å²) >= 11 is 0. The minimum Gasteiger partial charge on any atom is -0.273 e. The van der Waals surface area contributed by atoms with Crippen molar-refractivity contribution in [3.63, 3.8) is 0 Å². The molecule has 0 aromatic heterocycles. The molecule has 1 aliphatic carbocycles. The molecule has 0 aliphatic heterocycles. The van der Waals surface area contributed by atoms with E-state index < -0.39 is 0 Å². The van der Waals surface area contributed by atoms with Gasteiger partial charge in [0.1, 0.15) is 0 Å². The van der Waals surface area contributed by atoms with Gasteiger partial charge >= 0.3 is 0 Å². The molecule has 0 radical (unpaired) electrons. The molecule has 1 fully saturated rings. The van der Waals surface area contributed by atoms with Gasteiger partial charge in [0.05, 0.1) is 0 Å². The van der Waals surface area contributed by atoms with Gasteiger partial charge in [-0.25, -0.2) is 5.01 Å². The second-order valence-corrected chi connectivity index (χ2v) is 4.11. The lowest BCUT2D eigenvalue weighted by atomic mass is 9.90. The van der Waals surface area contributed by atoms with Crippen LogP contribution in [0.4, 0.5) is 0 Å². The maximum absolute atomic E-state index is 11.8. The molecule has 74 valence electrons. The first-order valence-corrected chi connectivity index (χ1v) is 4.82. The summed E-state index contributed by atoms with van der Waals surface area (Å²) in [6.07, 6.45) is 2.39. The van der Waals surface area contributed by atoms with E-state index in [1.165, 1.54) is 17.9 Å². The molecule has 1 aliphatic rings. The summed E-state index contributed by atoms with van der Waals surface area (Å²) in [6, 6.07) is 0. The normalized spacial score (nSPS) is 18.5. The van der Waals surface area contributed by atoms with E-state index in [1.807, 2.05) is 0 Å². The molecule has 1 saturated carbocycles. The van der Waals surface area contributed by atoms with Gasteiger partial charge in [-0.05, 0) is 24.7 Å². The number of hydrazone groups is 1. The van der Waals surface area contributed by atoms with Crippen LogP contribution >= 0.6 is 0 Å². The Morgan fingerprint density at radius 2 is 2.08 bits per heavy atom. The molecule has 1 atom stereocenters. The van der Waals surface area contributed by atoms with Crippen molar-refractivity contribution in [3.05, 3.63) is 0 Å². The molecule has 13 heavy (non-hydrogen) atoms. The molecule has 0 heterocycles. The fourth-order valence-corrected chi connectivity index (χ4v) is 1.77. The SMILES string of the molecule is C=NN(C)C(=O)C(C(C)C)C1CC1. The van der Waals surface area contributed by atoms with Gasteiger partial charge in [-0.3, -0.25) is 4.79 Å². The smallest absolute Gasteiger partial charge is 0.246 e. The van der Waals surface area contributed by atoms with Gasteiger partial charge in [-0.2, -0.15) is 5.10 Å². The summed E-state index contributed by atoms with van der Waals surface area (Å²) in [5.74, 6) is 1.27. The number of amides is 1. The third-order valence-electron chi connectivity index (χ3n) is 2.66. The quantitative estimate of drug-likeness (QED) is 0.481. The topological polar surface area (TPSA) is 32.7 Å². The molecule has 3 heteroatoms. The van der Waals surface area contributed by atoms with Crippen molar-refractivity contribution in [2.45, 2.75) is 26.7 Å². The van der Waals surface area contributed by atoms with Crippen LogP contribution < -0.4 is 0 Å². The summed E-state index contributed by atoms with van der Waals surface area (Å²) in [4.78, 5) is 11.8. The third-order valence-corrected chi connectivity index (χ3v) is 2.66. The van der Waals surface area contributed by atoms with Crippen molar-refractivity contribution in [1.82, 2.24) is 5.01 Å². The van der Waals surface area contributed by atoms with Crippen LogP contribution in [-0.2, 0) is 4.79 Å². The van der Waals surface area contributed by atoms with E-state index in [2.05, 4.69) is 25.7 Å². The lowest BCUT2D eigenvalue weighted by Gasteiger charge is -2.22. The average molecular weight is 182 g/mol. The summed E-state index contributed by atoms with van der Waals surface area (Å²) < 4.78 is 0. The first-order chi connectivity index (χ1) is 6.07. The zero-order chi connectivity index (χ0) is 10.0. The number of nitrogens with zero attached hydrogens (tertiary/aromatic N) is 2. The van der Waals surface area contributed by atoms with Crippen LogP contribution in [0, 0.1) is 17.8 Å². The highest BCUT2D eigenvalue weighted by Crippen LogP contribution is 2.41. The Balaban J connectivity index is 2.63. The Hall–Kier alpha value is -0.860. The van der Waals surface area contributed by atoms with Gasteiger partial charge in [-0.15, -0.1) is 0 Å².